The monoisotopic (exact) mass is 290 g/mol. The molecule has 0 bridgehead atoms. The second-order valence-corrected chi connectivity index (χ2v) is 5.65. The maximum atomic E-state index is 11.6. The van der Waals surface area contributed by atoms with E-state index in [9.17, 15) is 4.79 Å². The Morgan fingerprint density at radius 1 is 1.35 bits per heavy atom. The third kappa shape index (κ3) is 2.82. The van der Waals surface area contributed by atoms with Crippen LogP contribution in [0.1, 0.15) is 27.9 Å². The van der Waals surface area contributed by atoms with E-state index in [4.69, 9.17) is 4.74 Å². The summed E-state index contributed by atoms with van der Waals surface area (Å²) >= 11 is 1.48. The van der Waals surface area contributed by atoms with Gasteiger partial charge in [-0.15, -0.1) is 11.3 Å². The maximum Gasteiger partial charge on any atom is 0.357 e. The Kier molecular flexibility index (Phi) is 4.39. The fraction of sp³-hybridized carbons (Fsp3) is 0.333. The molecule has 4 nitrogen and oxygen atoms in total. The smallest absolute Gasteiger partial charge is 0.357 e. The standard InChI is InChI=1S/C15H18N2O2S/c1-5-11-6-8-12(9-7-11)17(3)15-16-13(10(2)20-15)14(18)19-4/h6-9H,5H2,1-4H3. The van der Waals surface area contributed by atoms with E-state index in [0.29, 0.717) is 5.69 Å². The van der Waals surface area contributed by atoms with Crippen molar-refractivity contribution in [3.05, 3.63) is 40.4 Å². The number of hydrogen-bond acceptors (Lipinski definition) is 5. The van der Waals surface area contributed by atoms with Gasteiger partial charge in [0.05, 0.1) is 7.11 Å². The quantitative estimate of drug-likeness (QED) is 0.807. The molecule has 0 amide bonds. The van der Waals surface area contributed by atoms with Crippen molar-refractivity contribution in [1.82, 2.24) is 4.98 Å². The first kappa shape index (κ1) is 14.5. The predicted molar refractivity (Wildman–Crippen MR) is 82.1 cm³/mol. The third-order valence-corrected chi connectivity index (χ3v) is 4.23. The van der Waals surface area contributed by atoms with Crippen molar-refractivity contribution >= 4 is 28.1 Å². The molecule has 20 heavy (non-hydrogen) atoms. The van der Waals surface area contributed by atoms with Crippen LogP contribution in [0.15, 0.2) is 24.3 Å². The lowest BCUT2D eigenvalue weighted by molar-refractivity contribution is 0.0594. The summed E-state index contributed by atoms with van der Waals surface area (Å²) in [4.78, 5) is 18.8. The number of thiazole rings is 1. The topological polar surface area (TPSA) is 42.4 Å². The number of nitrogens with zero attached hydrogens (tertiary/aromatic N) is 2. The van der Waals surface area contributed by atoms with Gasteiger partial charge in [0.2, 0.25) is 0 Å². The Labute approximate surface area is 123 Å². The Hall–Kier alpha value is -1.88. The van der Waals surface area contributed by atoms with E-state index in [0.717, 1.165) is 22.1 Å². The average molecular weight is 290 g/mol. The molecule has 1 aromatic carbocycles. The van der Waals surface area contributed by atoms with Crippen molar-refractivity contribution in [3.8, 4) is 0 Å². The average Bonchev–Trinajstić information content (AvgIpc) is 2.87. The van der Waals surface area contributed by atoms with Gasteiger partial charge in [0.1, 0.15) is 0 Å². The predicted octanol–water partition coefficient (Wildman–Crippen LogP) is 3.57. The molecule has 0 atom stereocenters. The van der Waals surface area contributed by atoms with Gasteiger partial charge in [-0.25, -0.2) is 9.78 Å². The molecule has 106 valence electrons. The van der Waals surface area contributed by atoms with Gasteiger partial charge >= 0.3 is 5.97 Å². The van der Waals surface area contributed by atoms with E-state index in [1.165, 1.54) is 24.0 Å². The molecule has 0 spiro atoms. The molecule has 1 aromatic heterocycles. The highest BCUT2D eigenvalue weighted by Crippen LogP contribution is 2.30. The molecule has 0 N–H and O–H groups in total. The van der Waals surface area contributed by atoms with Crippen molar-refractivity contribution in [1.29, 1.82) is 0 Å². The summed E-state index contributed by atoms with van der Waals surface area (Å²) in [6, 6.07) is 8.34. The Balaban J connectivity index is 2.28. The van der Waals surface area contributed by atoms with Gasteiger partial charge in [-0.2, -0.15) is 0 Å². The number of ether oxygens (including phenoxy) is 1. The van der Waals surface area contributed by atoms with Gasteiger partial charge in [-0.3, -0.25) is 0 Å². The molecule has 5 heteroatoms. The summed E-state index contributed by atoms with van der Waals surface area (Å²) in [6.07, 6.45) is 1.02. The summed E-state index contributed by atoms with van der Waals surface area (Å²) in [7, 11) is 3.31. The van der Waals surface area contributed by atoms with Gasteiger partial charge in [-0.05, 0) is 31.0 Å². The molecule has 2 aromatic rings. The first-order chi connectivity index (χ1) is 9.56. The number of benzene rings is 1. The van der Waals surface area contributed by atoms with Crippen LogP contribution in [0.3, 0.4) is 0 Å². The SMILES string of the molecule is CCc1ccc(N(C)c2nc(C(=O)OC)c(C)s2)cc1. The van der Waals surface area contributed by atoms with Crippen LogP contribution in [0.4, 0.5) is 10.8 Å². The summed E-state index contributed by atoms with van der Waals surface area (Å²) in [5.41, 5.74) is 2.74. The number of methoxy groups -OCH3 is 1. The van der Waals surface area contributed by atoms with E-state index in [2.05, 4.69) is 36.2 Å². The number of anilines is 2. The zero-order chi connectivity index (χ0) is 14.7. The molecule has 0 aliphatic carbocycles. The molecule has 1 heterocycles. The van der Waals surface area contributed by atoms with Gasteiger partial charge in [0.25, 0.3) is 0 Å². The lowest BCUT2D eigenvalue weighted by atomic mass is 10.1. The fourth-order valence-corrected chi connectivity index (χ4v) is 2.76. The number of rotatable bonds is 4. The molecular formula is C15H18N2O2S. The second kappa shape index (κ2) is 6.05. The Morgan fingerprint density at radius 2 is 2.00 bits per heavy atom. The highest BCUT2D eigenvalue weighted by Gasteiger charge is 2.18. The van der Waals surface area contributed by atoms with Crippen molar-refractivity contribution in [3.63, 3.8) is 0 Å². The lowest BCUT2D eigenvalue weighted by Gasteiger charge is -2.16. The van der Waals surface area contributed by atoms with E-state index >= 15 is 0 Å². The van der Waals surface area contributed by atoms with E-state index < -0.39 is 0 Å². The number of hydrogen-bond donors (Lipinski definition) is 0. The molecule has 0 radical (unpaired) electrons. The van der Waals surface area contributed by atoms with Crippen LogP contribution < -0.4 is 4.90 Å². The first-order valence-corrected chi connectivity index (χ1v) is 7.26. The molecule has 2 rings (SSSR count). The third-order valence-electron chi connectivity index (χ3n) is 3.18. The van der Waals surface area contributed by atoms with E-state index in [1.807, 2.05) is 18.9 Å². The maximum absolute atomic E-state index is 11.6. The number of esters is 1. The van der Waals surface area contributed by atoms with Crippen molar-refractivity contribution in [2.24, 2.45) is 0 Å². The molecule has 0 aliphatic rings. The number of carbonyl (C=O) groups is 1. The number of aryl methyl sites for hydroxylation is 2. The molecule has 0 unspecified atom stereocenters. The van der Waals surface area contributed by atoms with Crippen molar-refractivity contribution < 1.29 is 9.53 Å². The van der Waals surface area contributed by atoms with Crippen molar-refractivity contribution in [2.75, 3.05) is 19.1 Å². The summed E-state index contributed by atoms with van der Waals surface area (Å²) < 4.78 is 4.73. The van der Waals surface area contributed by atoms with Crippen LogP contribution in [-0.4, -0.2) is 25.1 Å². The fourth-order valence-electron chi connectivity index (χ4n) is 1.88. The molecular weight excluding hydrogens is 272 g/mol. The highest BCUT2D eigenvalue weighted by atomic mass is 32.1. The summed E-state index contributed by atoms with van der Waals surface area (Å²) in [5.74, 6) is -0.389. The zero-order valence-corrected chi connectivity index (χ0v) is 13.0. The normalized spacial score (nSPS) is 10.4. The van der Waals surface area contributed by atoms with Crippen LogP contribution >= 0.6 is 11.3 Å². The van der Waals surface area contributed by atoms with Crippen LogP contribution in [0.5, 0.6) is 0 Å². The lowest BCUT2D eigenvalue weighted by Crippen LogP contribution is -2.10. The number of carbonyl (C=O) groups excluding carboxylic acids is 1. The van der Waals surface area contributed by atoms with Crippen molar-refractivity contribution in [2.45, 2.75) is 20.3 Å². The molecule has 0 saturated heterocycles. The largest absolute Gasteiger partial charge is 0.464 e. The first-order valence-electron chi connectivity index (χ1n) is 6.45. The van der Waals surface area contributed by atoms with Gasteiger partial charge in [0.15, 0.2) is 10.8 Å². The van der Waals surface area contributed by atoms with Crippen LogP contribution in [0, 0.1) is 6.92 Å². The summed E-state index contributed by atoms with van der Waals surface area (Å²) in [6.45, 7) is 4.01. The minimum Gasteiger partial charge on any atom is -0.464 e. The molecule has 0 saturated carbocycles. The molecule has 0 aliphatic heterocycles. The zero-order valence-electron chi connectivity index (χ0n) is 12.1. The van der Waals surface area contributed by atoms with Gasteiger partial charge in [-0.1, -0.05) is 19.1 Å². The van der Waals surface area contributed by atoms with Gasteiger partial charge in [0, 0.05) is 17.6 Å². The van der Waals surface area contributed by atoms with E-state index in [-0.39, 0.29) is 5.97 Å². The summed E-state index contributed by atoms with van der Waals surface area (Å²) in [5, 5.41) is 0.784. The minimum absolute atomic E-state index is 0.389. The van der Waals surface area contributed by atoms with Crippen LogP contribution in [0.25, 0.3) is 0 Å². The van der Waals surface area contributed by atoms with E-state index in [1.54, 1.807) is 0 Å². The van der Waals surface area contributed by atoms with Crippen LogP contribution in [-0.2, 0) is 11.2 Å². The Bertz CT molecular complexity index is 605. The molecule has 0 fully saturated rings. The number of aromatic nitrogens is 1. The minimum atomic E-state index is -0.389. The van der Waals surface area contributed by atoms with Crippen LogP contribution in [0.2, 0.25) is 0 Å². The van der Waals surface area contributed by atoms with Gasteiger partial charge < -0.3 is 9.64 Å². The highest BCUT2D eigenvalue weighted by molar-refractivity contribution is 7.15. The Morgan fingerprint density at radius 3 is 2.55 bits per heavy atom. The second-order valence-electron chi connectivity index (χ2n) is 4.47.